The number of aromatic nitrogens is 2. The van der Waals surface area contributed by atoms with Crippen molar-refractivity contribution >= 4 is 23.1 Å². The number of benzene rings is 2. The summed E-state index contributed by atoms with van der Waals surface area (Å²) in [7, 11) is 2.14. The van der Waals surface area contributed by atoms with Gasteiger partial charge in [-0.25, -0.2) is 0 Å². The normalized spacial score (nSPS) is 14.0. The molecule has 2 aromatic carbocycles. The molecule has 1 aromatic heterocycles. The third-order valence-corrected chi connectivity index (χ3v) is 6.26. The third-order valence-electron chi connectivity index (χ3n) is 6.26. The van der Waals surface area contributed by atoms with E-state index in [9.17, 15) is 4.79 Å². The summed E-state index contributed by atoms with van der Waals surface area (Å²) in [4.78, 5) is 19.2. The largest absolute Gasteiger partial charge is 0.484 e. The van der Waals surface area contributed by atoms with Crippen LogP contribution in [0.5, 0.6) is 5.75 Å². The highest BCUT2D eigenvalue weighted by Gasteiger charge is 2.15. The number of carbonyl (C=O) groups excluding carboxylic acids is 1. The molecular weight excluding hydrogens is 440 g/mol. The first-order chi connectivity index (χ1) is 17.1. The average molecular weight is 475 g/mol. The minimum Gasteiger partial charge on any atom is -0.484 e. The van der Waals surface area contributed by atoms with Crippen LogP contribution in [0, 0.1) is 0 Å². The molecule has 0 spiro atoms. The molecule has 0 atom stereocenters. The standard InChI is InChI=1S/C27H34N6O2/c1-4-32(5-2)23-7-6-8-24(19-23)35-20-27(34)28-22-11-9-21(10-12-22)25-13-14-26(30-29-25)33-17-15-31(3)16-18-33/h6-14,19H,4-5,15-18,20H2,1-3H3,(H,28,34). The predicted molar refractivity (Wildman–Crippen MR) is 141 cm³/mol. The maximum atomic E-state index is 12.4. The highest BCUT2D eigenvalue weighted by molar-refractivity contribution is 5.92. The molecule has 0 bridgehead atoms. The lowest BCUT2D eigenvalue weighted by atomic mass is 10.1. The van der Waals surface area contributed by atoms with Crippen LogP contribution in [0.25, 0.3) is 11.3 Å². The molecule has 8 nitrogen and oxygen atoms in total. The van der Waals surface area contributed by atoms with Crippen molar-refractivity contribution in [3.05, 3.63) is 60.7 Å². The van der Waals surface area contributed by atoms with Crippen LogP contribution >= 0.6 is 0 Å². The van der Waals surface area contributed by atoms with Crippen LogP contribution in [0.2, 0.25) is 0 Å². The minimum atomic E-state index is -0.206. The Morgan fingerprint density at radius 1 is 0.971 bits per heavy atom. The Morgan fingerprint density at radius 2 is 1.71 bits per heavy atom. The molecule has 8 heteroatoms. The van der Waals surface area contributed by atoms with Gasteiger partial charge in [-0.15, -0.1) is 10.2 Å². The Labute approximate surface area is 207 Å². The van der Waals surface area contributed by atoms with Gasteiger partial charge in [0.15, 0.2) is 12.4 Å². The van der Waals surface area contributed by atoms with E-state index in [2.05, 4.69) is 51.1 Å². The summed E-state index contributed by atoms with van der Waals surface area (Å²) in [6.07, 6.45) is 0. The molecule has 0 unspecified atom stereocenters. The van der Waals surface area contributed by atoms with Crippen molar-refractivity contribution in [2.75, 3.05) is 68.0 Å². The Kier molecular flexibility index (Phi) is 8.15. The molecule has 1 aliphatic heterocycles. The first-order valence-electron chi connectivity index (χ1n) is 12.2. The van der Waals surface area contributed by atoms with Gasteiger partial charge in [0.25, 0.3) is 5.91 Å². The molecule has 0 saturated carbocycles. The third kappa shape index (κ3) is 6.48. The summed E-state index contributed by atoms with van der Waals surface area (Å²) in [6, 6.07) is 19.4. The summed E-state index contributed by atoms with van der Waals surface area (Å²) >= 11 is 0. The average Bonchev–Trinajstić information content (AvgIpc) is 2.90. The number of rotatable bonds is 9. The second-order valence-corrected chi connectivity index (χ2v) is 8.65. The zero-order valence-electron chi connectivity index (χ0n) is 20.8. The lowest BCUT2D eigenvalue weighted by Gasteiger charge is -2.32. The van der Waals surface area contributed by atoms with Crippen LogP contribution in [0.15, 0.2) is 60.7 Å². The second kappa shape index (κ2) is 11.7. The van der Waals surface area contributed by atoms with Gasteiger partial charge in [-0.3, -0.25) is 4.79 Å². The maximum absolute atomic E-state index is 12.4. The number of piperazine rings is 1. The number of carbonyl (C=O) groups is 1. The number of amides is 1. The molecule has 1 amide bonds. The number of likely N-dealkylation sites (N-methyl/N-ethyl adjacent to an activating group) is 1. The number of nitrogens with zero attached hydrogens (tertiary/aromatic N) is 5. The molecule has 2 heterocycles. The van der Waals surface area contributed by atoms with Crippen molar-refractivity contribution in [1.82, 2.24) is 15.1 Å². The highest BCUT2D eigenvalue weighted by atomic mass is 16.5. The second-order valence-electron chi connectivity index (χ2n) is 8.65. The lowest BCUT2D eigenvalue weighted by Crippen LogP contribution is -2.44. The van der Waals surface area contributed by atoms with Gasteiger partial charge in [0.1, 0.15) is 5.75 Å². The smallest absolute Gasteiger partial charge is 0.262 e. The topological polar surface area (TPSA) is 73.8 Å². The van der Waals surface area contributed by atoms with Gasteiger partial charge in [0, 0.05) is 62.3 Å². The lowest BCUT2D eigenvalue weighted by molar-refractivity contribution is -0.118. The summed E-state index contributed by atoms with van der Waals surface area (Å²) in [5.74, 6) is 1.38. The minimum absolute atomic E-state index is 0.0529. The van der Waals surface area contributed by atoms with Gasteiger partial charge >= 0.3 is 0 Å². The van der Waals surface area contributed by atoms with Gasteiger partial charge in [-0.1, -0.05) is 18.2 Å². The first kappa shape index (κ1) is 24.5. The molecule has 35 heavy (non-hydrogen) atoms. The van der Waals surface area contributed by atoms with E-state index in [1.807, 2.05) is 60.7 Å². The number of anilines is 3. The van der Waals surface area contributed by atoms with Crippen molar-refractivity contribution in [1.29, 1.82) is 0 Å². The van der Waals surface area contributed by atoms with Crippen LogP contribution in [0.4, 0.5) is 17.2 Å². The predicted octanol–water partition coefficient (Wildman–Crippen LogP) is 3.76. The molecule has 0 radical (unpaired) electrons. The molecule has 184 valence electrons. The fourth-order valence-electron chi connectivity index (χ4n) is 4.11. The van der Waals surface area contributed by atoms with Crippen molar-refractivity contribution in [3.63, 3.8) is 0 Å². The quantitative estimate of drug-likeness (QED) is 0.506. The molecule has 3 aromatic rings. The zero-order chi connectivity index (χ0) is 24.6. The van der Waals surface area contributed by atoms with E-state index in [1.54, 1.807) is 0 Å². The van der Waals surface area contributed by atoms with Crippen LogP contribution in [-0.4, -0.2) is 73.9 Å². The molecule has 1 N–H and O–H groups in total. The highest BCUT2D eigenvalue weighted by Crippen LogP contribution is 2.23. The molecule has 1 fully saturated rings. The Hall–Kier alpha value is -3.65. The van der Waals surface area contributed by atoms with E-state index in [1.165, 1.54) is 0 Å². The van der Waals surface area contributed by atoms with E-state index in [-0.39, 0.29) is 12.5 Å². The number of nitrogens with one attached hydrogen (secondary N) is 1. The summed E-state index contributed by atoms with van der Waals surface area (Å²) < 4.78 is 5.72. The number of hydrogen-bond acceptors (Lipinski definition) is 7. The Morgan fingerprint density at radius 3 is 2.37 bits per heavy atom. The maximum Gasteiger partial charge on any atom is 0.262 e. The van der Waals surface area contributed by atoms with Crippen LogP contribution in [0.3, 0.4) is 0 Å². The number of ether oxygens (including phenoxy) is 1. The molecular formula is C27H34N6O2. The van der Waals surface area contributed by atoms with E-state index < -0.39 is 0 Å². The van der Waals surface area contributed by atoms with Crippen molar-refractivity contribution in [2.24, 2.45) is 0 Å². The fourth-order valence-corrected chi connectivity index (χ4v) is 4.11. The molecule has 0 aliphatic carbocycles. The van der Waals surface area contributed by atoms with Crippen LogP contribution in [-0.2, 0) is 4.79 Å². The van der Waals surface area contributed by atoms with Gasteiger partial charge in [0.2, 0.25) is 0 Å². The zero-order valence-corrected chi connectivity index (χ0v) is 20.8. The number of hydrogen-bond donors (Lipinski definition) is 1. The molecule has 4 rings (SSSR count). The Balaban J connectivity index is 1.30. The Bertz CT molecular complexity index is 1090. The van der Waals surface area contributed by atoms with E-state index in [0.717, 1.165) is 62.0 Å². The van der Waals surface area contributed by atoms with Crippen molar-refractivity contribution < 1.29 is 9.53 Å². The van der Waals surface area contributed by atoms with E-state index >= 15 is 0 Å². The summed E-state index contributed by atoms with van der Waals surface area (Å²) in [5, 5.41) is 11.7. The van der Waals surface area contributed by atoms with Gasteiger partial charge < -0.3 is 24.8 Å². The van der Waals surface area contributed by atoms with Gasteiger partial charge in [0.05, 0.1) is 5.69 Å². The fraction of sp³-hybridized carbons (Fsp3) is 0.370. The van der Waals surface area contributed by atoms with Gasteiger partial charge in [-0.2, -0.15) is 0 Å². The van der Waals surface area contributed by atoms with Crippen LogP contribution in [0.1, 0.15) is 13.8 Å². The summed E-state index contributed by atoms with van der Waals surface area (Å²) in [5.41, 5.74) is 3.55. The van der Waals surface area contributed by atoms with E-state index in [0.29, 0.717) is 11.4 Å². The SMILES string of the molecule is CCN(CC)c1cccc(OCC(=O)Nc2ccc(-c3ccc(N4CCN(C)CC4)nn3)cc2)c1. The van der Waals surface area contributed by atoms with Gasteiger partial charge in [-0.05, 0) is 57.3 Å². The van der Waals surface area contributed by atoms with E-state index in [4.69, 9.17) is 4.74 Å². The van der Waals surface area contributed by atoms with Crippen LogP contribution < -0.4 is 19.9 Å². The summed E-state index contributed by atoms with van der Waals surface area (Å²) in [6.45, 7) is 10.0. The monoisotopic (exact) mass is 474 g/mol. The molecule has 1 aliphatic rings. The van der Waals surface area contributed by atoms with Crippen molar-refractivity contribution in [2.45, 2.75) is 13.8 Å². The molecule has 1 saturated heterocycles. The first-order valence-corrected chi connectivity index (χ1v) is 12.2. The van der Waals surface area contributed by atoms with Crippen molar-refractivity contribution in [3.8, 4) is 17.0 Å².